The molecule has 3 heteroatoms. The lowest BCUT2D eigenvalue weighted by Gasteiger charge is -2.12. The molecule has 1 fully saturated rings. The molecule has 0 atom stereocenters. The molecule has 16 heavy (non-hydrogen) atoms. The maximum Gasteiger partial charge on any atom is 0.312 e. The molecule has 2 rings (SSSR count). The van der Waals surface area contributed by atoms with Crippen LogP contribution in [0.25, 0.3) is 0 Å². The van der Waals surface area contributed by atoms with Gasteiger partial charge in [0.15, 0.2) is 0 Å². The van der Waals surface area contributed by atoms with E-state index in [1.807, 2.05) is 0 Å². The molecule has 0 aromatic heterocycles. The van der Waals surface area contributed by atoms with Crippen LogP contribution in [0.5, 0.6) is 0 Å². The lowest BCUT2D eigenvalue weighted by molar-refractivity contribution is -0.147. The first-order valence-corrected chi connectivity index (χ1v) is 5.41. The number of ether oxygens (including phenoxy) is 1. The summed E-state index contributed by atoms with van der Waals surface area (Å²) in [6, 6.07) is 5.00. The van der Waals surface area contributed by atoms with Crippen LogP contribution in [0.1, 0.15) is 24.0 Å². The molecule has 2 nitrogen and oxygen atoms in total. The van der Waals surface area contributed by atoms with Crippen LogP contribution in [-0.4, -0.2) is 13.1 Å². The number of carbonyl (C=O) groups excluding carboxylic acids is 1. The second kappa shape index (κ2) is 3.89. The van der Waals surface area contributed by atoms with Gasteiger partial charge in [-0.25, -0.2) is 4.39 Å². The van der Waals surface area contributed by atoms with Crippen molar-refractivity contribution in [3.63, 3.8) is 0 Å². The summed E-state index contributed by atoms with van der Waals surface area (Å²) in [5.41, 5.74) is 1.29. The van der Waals surface area contributed by atoms with E-state index < -0.39 is 0 Å². The molecule has 0 unspecified atom stereocenters. The van der Waals surface area contributed by atoms with Gasteiger partial charge in [-0.15, -0.1) is 0 Å². The van der Waals surface area contributed by atoms with Crippen LogP contribution in [0.2, 0.25) is 0 Å². The fourth-order valence-corrected chi connectivity index (χ4v) is 2.03. The molecule has 0 aliphatic heterocycles. The van der Waals surface area contributed by atoms with Crippen LogP contribution in [0, 0.1) is 18.2 Å². The monoisotopic (exact) mass is 222 g/mol. The number of methoxy groups -OCH3 is 1. The predicted molar refractivity (Wildman–Crippen MR) is 58.5 cm³/mol. The predicted octanol–water partition coefficient (Wildman–Crippen LogP) is 2.63. The Labute approximate surface area is 94.4 Å². The molecular formula is C13H15FO2. The first-order chi connectivity index (χ1) is 7.57. The third kappa shape index (κ3) is 1.94. The van der Waals surface area contributed by atoms with Crippen molar-refractivity contribution in [1.82, 2.24) is 0 Å². The molecule has 0 saturated heterocycles. The van der Waals surface area contributed by atoms with Crippen LogP contribution in [0.3, 0.4) is 0 Å². The molecule has 0 radical (unpaired) electrons. The van der Waals surface area contributed by atoms with Crippen LogP contribution in [0.15, 0.2) is 18.2 Å². The van der Waals surface area contributed by atoms with Crippen LogP contribution in [0.4, 0.5) is 4.39 Å². The van der Waals surface area contributed by atoms with Gasteiger partial charge in [-0.1, -0.05) is 12.1 Å². The Morgan fingerprint density at radius 2 is 2.19 bits per heavy atom. The molecule has 0 N–H and O–H groups in total. The normalized spacial score (nSPS) is 16.9. The zero-order valence-corrected chi connectivity index (χ0v) is 9.55. The largest absolute Gasteiger partial charge is 0.469 e. The van der Waals surface area contributed by atoms with Gasteiger partial charge in [0, 0.05) is 0 Å². The van der Waals surface area contributed by atoms with Gasteiger partial charge >= 0.3 is 5.97 Å². The van der Waals surface area contributed by atoms with E-state index in [-0.39, 0.29) is 17.2 Å². The fourth-order valence-electron chi connectivity index (χ4n) is 2.03. The molecule has 1 aliphatic rings. The van der Waals surface area contributed by atoms with Crippen molar-refractivity contribution in [3.05, 3.63) is 35.1 Å². The van der Waals surface area contributed by atoms with Gasteiger partial charge in [0.25, 0.3) is 0 Å². The highest BCUT2D eigenvalue weighted by Gasteiger charge is 2.50. The average Bonchev–Trinajstić information content (AvgIpc) is 3.03. The summed E-state index contributed by atoms with van der Waals surface area (Å²) < 4.78 is 17.9. The second-order valence-corrected chi connectivity index (χ2v) is 4.53. The van der Waals surface area contributed by atoms with Crippen LogP contribution in [-0.2, 0) is 16.0 Å². The minimum atomic E-state index is -0.334. The zero-order valence-electron chi connectivity index (χ0n) is 9.55. The first kappa shape index (κ1) is 11.1. The first-order valence-electron chi connectivity index (χ1n) is 5.41. The van der Waals surface area contributed by atoms with Gasteiger partial charge in [0.2, 0.25) is 0 Å². The molecule has 0 heterocycles. The minimum Gasteiger partial charge on any atom is -0.469 e. The third-order valence-corrected chi connectivity index (χ3v) is 3.24. The molecule has 1 saturated carbocycles. The SMILES string of the molecule is COC(=O)C1(Cc2ccc(F)c(C)c2)CC1. The van der Waals surface area contributed by atoms with Gasteiger partial charge in [-0.2, -0.15) is 0 Å². The number of esters is 1. The van der Waals surface area contributed by atoms with Crippen molar-refractivity contribution in [1.29, 1.82) is 0 Å². The molecule has 1 aliphatic carbocycles. The number of benzene rings is 1. The molecule has 1 aromatic carbocycles. The van der Waals surface area contributed by atoms with E-state index in [2.05, 4.69) is 0 Å². The van der Waals surface area contributed by atoms with E-state index in [1.165, 1.54) is 13.2 Å². The third-order valence-electron chi connectivity index (χ3n) is 3.24. The van der Waals surface area contributed by atoms with Crippen molar-refractivity contribution >= 4 is 5.97 Å². The Hall–Kier alpha value is -1.38. The summed E-state index contributed by atoms with van der Waals surface area (Å²) in [7, 11) is 1.41. The van der Waals surface area contributed by atoms with Gasteiger partial charge in [-0.3, -0.25) is 4.79 Å². The summed E-state index contributed by atoms with van der Waals surface area (Å²) in [6.45, 7) is 1.73. The van der Waals surface area contributed by atoms with E-state index >= 15 is 0 Å². The summed E-state index contributed by atoms with van der Waals surface area (Å²) in [4.78, 5) is 11.6. The Morgan fingerprint density at radius 1 is 1.50 bits per heavy atom. The van der Waals surface area contributed by atoms with E-state index in [4.69, 9.17) is 4.74 Å². The van der Waals surface area contributed by atoms with E-state index in [0.717, 1.165) is 18.4 Å². The van der Waals surface area contributed by atoms with Crippen molar-refractivity contribution in [3.8, 4) is 0 Å². The highest BCUT2D eigenvalue weighted by molar-refractivity contribution is 5.80. The number of carbonyl (C=O) groups is 1. The van der Waals surface area contributed by atoms with Gasteiger partial charge in [-0.05, 0) is 43.4 Å². The van der Waals surface area contributed by atoms with Crippen molar-refractivity contribution in [2.24, 2.45) is 5.41 Å². The lowest BCUT2D eigenvalue weighted by Crippen LogP contribution is -2.20. The highest BCUT2D eigenvalue weighted by atomic mass is 19.1. The second-order valence-electron chi connectivity index (χ2n) is 4.53. The number of hydrogen-bond acceptors (Lipinski definition) is 2. The zero-order chi connectivity index (χ0) is 11.8. The van der Waals surface area contributed by atoms with Gasteiger partial charge < -0.3 is 4.74 Å². The molecule has 0 bridgehead atoms. The summed E-state index contributed by atoms with van der Waals surface area (Å²) >= 11 is 0. The summed E-state index contributed by atoms with van der Waals surface area (Å²) in [5.74, 6) is -0.346. The number of halogens is 1. The standard InChI is InChI=1S/C13H15FO2/c1-9-7-10(3-4-11(9)14)8-13(5-6-13)12(15)16-2/h3-4,7H,5-6,8H2,1-2H3. The molecule has 86 valence electrons. The maximum absolute atomic E-state index is 13.1. The summed E-state index contributed by atoms with van der Waals surface area (Å²) in [6.07, 6.45) is 2.40. The van der Waals surface area contributed by atoms with E-state index in [1.54, 1.807) is 19.1 Å². The Bertz CT molecular complexity index is 422. The average molecular weight is 222 g/mol. The Morgan fingerprint density at radius 3 is 2.69 bits per heavy atom. The van der Waals surface area contributed by atoms with Gasteiger partial charge in [0.1, 0.15) is 5.82 Å². The topological polar surface area (TPSA) is 26.3 Å². The number of aryl methyl sites for hydroxylation is 1. The number of rotatable bonds is 3. The molecular weight excluding hydrogens is 207 g/mol. The molecule has 0 amide bonds. The van der Waals surface area contributed by atoms with Crippen molar-refractivity contribution in [2.75, 3.05) is 7.11 Å². The Kier molecular flexibility index (Phi) is 2.70. The number of hydrogen-bond donors (Lipinski definition) is 0. The smallest absolute Gasteiger partial charge is 0.312 e. The van der Waals surface area contributed by atoms with E-state index in [9.17, 15) is 9.18 Å². The van der Waals surface area contributed by atoms with Crippen LogP contribution < -0.4 is 0 Å². The van der Waals surface area contributed by atoms with Crippen molar-refractivity contribution in [2.45, 2.75) is 26.2 Å². The fraction of sp³-hybridized carbons (Fsp3) is 0.462. The van der Waals surface area contributed by atoms with Gasteiger partial charge in [0.05, 0.1) is 12.5 Å². The molecule has 0 spiro atoms. The highest BCUT2D eigenvalue weighted by Crippen LogP contribution is 2.49. The minimum absolute atomic E-state index is 0.144. The lowest BCUT2D eigenvalue weighted by atomic mass is 9.95. The van der Waals surface area contributed by atoms with Crippen molar-refractivity contribution < 1.29 is 13.9 Å². The van der Waals surface area contributed by atoms with Crippen LogP contribution >= 0.6 is 0 Å². The Balaban J connectivity index is 2.15. The maximum atomic E-state index is 13.1. The van der Waals surface area contributed by atoms with E-state index in [0.29, 0.717) is 12.0 Å². The summed E-state index contributed by atoms with van der Waals surface area (Å²) in [5, 5.41) is 0. The molecule has 1 aromatic rings. The quantitative estimate of drug-likeness (QED) is 0.735.